The molecule has 1 N–H and O–H groups in total. The Kier molecular flexibility index (Phi) is 6.17. The van der Waals surface area contributed by atoms with Crippen molar-refractivity contribution in [1.29, 1.82) is 0 Å². The number of aromatic nitrogens is 2. The van der Waals surface area contributed by atoms with Gasteiger partial charge in [-0.2, -0.15) is 0 Å². The number of rotatable bonds is 6. The monoisotopic (exact) mass is 379 g/mol. The SMILES string of the molecule is COC(=O)c1ccccc1C(=O)Nc1ccc(SCc2ccccc2)nn1. The van der Waals surface area contributed by atoms with E-state index >= 15 is 0 Å². The molecule has 0 bridgehead atoms. The van der Waals surface area contributed by atoms with Crippen LogP contribution in [0.4, 0.5) is 5.82 Å². The molecule has 6 nitrogen and oxygen atoms in total. The van der Waals surface area contributed by atoms with Gasteiger partial charge < -0.3 is 10.1 Å². The van der Waals surface area contributed by atoms with Gasteiger partial charge in [0.2, 0.25) is 0 Å². The molecule has 3 aromatic rings. The summed E-state index contributed by atoms with van der Waals surface area (Å²) in [5, 5.41) is 11.6. The Bertz CT molecular complexity index is 931. The van der Waals surface area contributed by atoms with E-state index in [1.807, 2.05) is 30.3 Å². The van der Waals surface area contributed by atoms with Crippen molar-refractivity contribution in [1.82, 2.24) is 10.2 Å². The van der Waals surface area contributed by atoms with Crippen molar-refractivity contribution in [2.45, 2.75) is 10.8 Å². The molecule has 0 aliphatic heterocycles. The van der Waals surface area contributed by atoms with Crippen LogP contribution in [0.2, 0.25) is 0 Å². The number of thioether (sulfide) groups is 1. The largest absolute Gasteiger partial charge is 0.465 e. The number of hydrogen-bond acceptors (Lipinski definition) is 6. The van der Waals surface area contributed by atoms with Crippen molar-refractivity contribution < 1.29 is 14.3 Å². The van der Waals surface area contributed by atoms with Gasteiger partial charge in [0.15, 0.2) is 5.82 Å². The topological polar surface area (TPSA) is 81.2 Å². The number of carbonyl (C=O) groups excluding carboxylic acids is 2. The number of ether oxygens (including phenoxy) is 1. The minimum absolute atomic E-state index is 0.195. The number of amides is 1. The highest BCUT2D eigenvalue weighted by atomic mass is 32.2. The number of methoxy groups -OCH3 is 1. The van der Waals surface area contributed by atoms with Crippen LogP contribution in [0.3, 0.4) is 0 Å². The first-order chi connectivity index (χ1) is 13.2. The average Bonchev–Trinajstić information content (AvgIpc) is 2.73. The molecule has 0 aliphatic rings. The first kappa shape index (κ1) is 18.6. The second kappa shape index (κ2) is 8.95. The van der Waals surface area contributed by atoms with Gasteiger partial charge in [-0.05, 0) is 29.8 Å². The van der Waals surface area contributed by atoms with Gasteiger partial charge in [0.25, 0.3) is 5.91 Å². The van der Waals surface area contributed by atoms with Crippen LogP contribution in [0.25, 0.3) is 0 Å². The third-order valence-electron chi connectivity index (χ3n) is 3.69. The first-order valence-corrected chi connectivity index (χ1v) is 9.15. The summed E-state index contributed by atoms with van der Waals surface area (Å²) < 4.78 is 4.71. The molecule has 3 rings (SSSR count). The van der Waals surface area contributed by atoms with Crippen LogP contribution >= 0.6 is 11.8 Å². The molecule has 136 valence electrons. The molecule has 0 unspecified atom stereocenters. The summed E-state index contributed by atoms with van der Waals surface area (Å²) in [4.78, 5) is 24.3. The molecule has 0 spiro atoms. The van der Waals surface area contributed by atoms with Crippen molar-refractivity contribution in [3.8, 4) is 0 Å². The molecular weight excluding hydrogens is 362 g/mol. The predicted octanol–water partition coefficient (Wildman–Crippen LogP) is 3.81. The molecule has 1 heterocycles. The second-order valence-electron chi connectivity index (χ2n) is 5.52. The van der Waals surface area contributed by atoms with Gasteiger partial charge in [0.05, 0.1) is 18.2 Å². The predicted molar refractivity (Wildman–Crippen MR) is 104 cm³/mol. The van der Waals surface area contributed by atoms with Gasteiger partial charge in [-0.3, -0.25) is 4.79 Å². The zero-order valence-electron chi connectivity index (χ0n) is 14.6. The standard InChI is InChI=1S/C20H17N3O3S/c1-26-20(25)16-10-6-5-9-15(16)19(24)21-17-11-12-18(23-22-17)27-13-14-7-3-2-4-8-14/h2-12H,13H2,1H3,(H,21,22,24). The number of nitrogens with zero attached hydrogens (tertiary/aromatic N) is 2. The minimum Gasteiger partial charge on any atom is -0.465 e. The number of nitrogens with one attached hydrogen (secondary N) is 1. The van der Waals surface area contributed by atoms with E-state index in [9.17, 15) is 9.59 Å². The van der Waals surface area contributed by atoms with Crippen LogP contribution in [0.1, 0.15) is 26.3 Å². The maximum absolute atomic E-state index is 12.5. The maximum atomic E-state index is 12.5. The van der Waals surface area contributed by atoms with E-state index in [-0.39, 0.29) is 11.1 Å². The summed E-state index contributed by atoms with van der Waals surface area (Å²) in [6.07, 6.45) is 0. The van der Waals surface area contributed by atoms with Crippen LogP contribution in [-0.2, 0) is 10.5 Å². The van der Waals surface area contributed by atoms with Gasteiger partial charge in [0, 0.05) is 5.75 Å². The van der Waals surface area contributed by atoms with E-state index < -0.39 is 11.9 Å². The third kappa shape index (κ3) is 4.92. The lowest BCUT2D eigenvalue weighted by Crippen LogP contribution is -2.18. The maximum Gasteiger partial charge on any atom is 0.338 e. The lowest BCUT2D eigenvalue weighted by atomic mass is 10.1. The molecule has 0 fully saturated rings. The third-order valence-corrected chi connectivity index (χ3v) is 4.68. The average molecular weight is 379 g/mol. The molecule has 0 radical (unpaired) electrons. The molecule has 27 heavy (non-hydrogen) atoms. The van der Waals surface area contributed by atoms with E-state index in [0.29, 0.717) is 5.82 Å². The number of carbonyl (C=O) groups is 2. The molecule has 0 saturated carbocycles. The molecule has 7 heteroatoms. The normalized spacial score (nSPS) is 10.3. The summed E-state index contributed by atoms with van der Waals surface area (Å²) in [6.45, 7) is 0. The Morgan fingerprint density at radius 3 is 2.30 bits per heavy atom. The Morgan fingerprint density at radius 2 is 1.63 bits per heavy atom. The lowest BCUT2D eigenvalue weighted by molar-refractivity contribution is 0.0597. The fourth-order valence-electron chi connectivity index (χ4n) is 2.35. The molecule has 2 aromatic carbocycles. The Morgan fingerprint density at radius 1 is 0.926 bits per heavy atom. The second-order valence-corrected chi connectivity index (χ2v) is 6.52. The van der Waals surface area contributed by atoms with Crippen molar-refractivity contribution in [2.24, 2.45) is 0 Å². The highest BCUT2D eigenvalue weighted by Gasteiger charge is 2.17. The van der Waals surface area contributed by atoms with E-state index in [0.717, 1.165) is 10.8 Å². The van der Waals surface area contributed by atoms with Gasteiger partial charge in [0.1, 0.15) is 5.03 Å². The Hall–Kier alpha value is -3.19. The van der Waals surface area contributed by atoms with Crippen molar-refractivity contribution in [3.63, 3.8) is 0 Å². The summed E-state index contributed by atoms with van der Waals surface area (Å²) >= 11 is 1.56. The number of hydrogen-bond donors (Lipinski definition) is 1. The van der Waals surface area contributed by atoms with E-state index in [1.54, 1.807) is 42.1 Å². The molecule has 0 aliphatic carbocycles. The fourth-order valence-corrected chi connectivity index (χ4v) is 3.12. The number of esters is 1. The smallest absolute Gasteiger partial charge is 0.338 e. The van der Waals surface area contributed by atoms with Gasteiger partial charge in [-0.25, -0.2) is 4.79 Å². The zero-order valence-corrected chi connectivity index (χ0v) is 15.4. The highest BCUT2D eigenvalue weighted by Crippen LogP contribution is 2.21. The minimum atomic E-state index is -0.570. The summed E-state index contributed by atoms with van der Waals surface area (Å²) in [5.41, 5.74) is 1.61. The quantitative estimate of drug-likeness (QED) is 0.518. The van der Waals surface area contributed by atoms with Gasteiger partial charge in [-0.1, -0.05) is 54.2 Å². The number of anilines is 1. The molecule has 0 atom stereocenters. The Balaban J connectivity index is 1.65. The van der Waals surface area contributed by atoms with Crippen molar-refractivity contribution >= 4 is 29.5 Å². The zero-order chi connectivity index (χ0) is 19.1. The van der Waals surface area contributed by atoms with Crippen molar-refractivity contribution in [2.75, 3.05) is 12.4 Å². The summed E-state index contributed by atoms with van der Waals surface area (Å²) in [6, 6.07) is 20.0. The van der Waals surface area contributed by atoms with E-state index in [1.165, 1.54) is 18.7 Å². The molecule has 1 aromatic heterocycles. The summed E-state index contributed by atoms with van der Waals surface area (Å²) in [7, 11) is 1.27. The molecule has 0 saturated heterocycles. The van der Waals surface area contributed by atoms with E-state index in [2.05, 4.69) is 15.5 Å². The van der Waals surface area contributed by atoms with Crippen LogP contribution in [0.5, 0.6) is 0 Å². The fraction of sp³-hybridized carbons (Fsp3) is 0.100. The molecular formula is C20H17N3O3S. The highest BCUT2D eigenvalue weighted by molar-refractivity contribution is 7.98. The van der Waals surface area contributed by atoms with Crippen molar-refractivity contribution in [3.05, 3.63) is 83.4 Å². The number of benzene rings is 2. The summed E-state index contributed by atoms with van der Waals surface area (Å²) in [5.74, 6) is 0.0755. The van der Waals surface area contributed by atoms with Gasteiger partial charge >= 0.3 is 5.97 Å². The van der Waals surface area contributed by atoms with Gasteiger partial charge in [-0.15, -0.1) is 10.2 Å². The van der Waals surface area contributed by atoms with Crippen LogP contribution < -0.4 is 5.32 Å². The molecule has 1 amide bonds. The lowest BCUT2D eigenvalue weighted by Gasteiger charge is -2.08. The Labute approximate surface area is 161 Å². The van der Waals surface area contributed by atoms with E-state index in [4.69, 9.17) is 4.74 Å². The van der Waals surface area contributed by atoms with Crippen LogP contribution in [-0.4, -0.2) is 29.2 Å². The van der Waals surface area contributed by atoms with Crippen LogP contribution in [0.15, 0.2) is 71.8 Å². The first-order valence-electron chi connectivity index (χ1n) is 8.16. The van der Waals surface area contributed by atoms with Crippen LogP contribution in [0, 0.1) is 0 Å².